The Balaban J connectivity index is 2.12. The predicted octanol–water partition coefficient (Wildman–Crippen LogP) is 2.46. The van der Waals surface area contributed by atoms with Gasteiger partial charge in [0.2, 0.25) is 0 Å². The molecule has 3 heterocycles. The molecule has 4 atom stereocenters. The van der Waals surface area contributed by atoms with Crippen LogP contribution in [0.15, 0.2) is 34.6 Å². The Bertz CT molecular complexity index is 866. The van der Waals surface area contributed by atoms with Crippen LogP contribution in [0.2, 0.25) is 0 Å². The Morgan fingerprint density at radius 1 is 1.33 bits per heavy atom. The molecular weight excluding hydrogens is 392 g/mol. The standard InChI is InChI=1S/C22H28O8/c1-6-12(2)19(24)28-16-9-13(3)22(26)8-7-21(5,30-22)10-17-18(16)15(20(25)29-17)11-27-14(4)23/h6,10,13,16,26H,7-9,11H2,1-5H3/b12-6+,17-10+/t13-,16+,21-,22+/m0/s1. The SMILES string of the molecule is C/C=C(\C)C(=O)O[C@@H]1C[C@H](C)[C@@]2(O)CC[C@@](C)(/C=C3/OC(=O)C(COC(C)=O)=C31)O2. The number of carbonyl (C=O) groups is 3. The molecule has 164 valence electrons. The van der Waals surface area contributed by atoms with Crippen LogP contribution in [-0.4, -0.2) is 47.1 Å². The monoisotopic (exact) mass is 420 g/mol. The molecule has 3 rings (SSSR count). The Morgan fingerprint density at radius 3 is 2.67 bits per heavy atom. The largest absolute Gasteiger partial charge is 0.461 e. The van der Waals surface area contributed by atoms with Gasteiger partial charge in [0, 0.05) is 30.4 Å². The summed E-state index contributed by atoms with van der Waals surface area (Å²) in [5, 5.41) is 11.1. The zero-order valence-corrected chi connectivity index (χ0v) is 17.9. The first-order valence-corrected chi connectivity index (χ1v) is 10.1. The smallest absolute Gasteiger partial charge is 0.343 e. The van der Waals surface area contributed by atoms with Crippen LogP contribution in [0.1, 0.15) is 53.9 Å². The zero-order chi connectivity index (χ0) is 22.3. The number of aliphatic hydroxyl groups is 1. The Hall–Kier alpha value is -2.45. The van der Waals surface area contributed by atoms with Gasteiger partial charge >= 0.3 is 17.9 Å². The lowest BCUT2D eigenvalue weighted by molar-refractivity contribution is -0.238. The number of esters is 3. The molecular formula is C22H28O8. The second-order valence-corrected chi connectivity index (χ2v) is 8.33. The van der Waals surface area contributed by atoms with Gasteiger partial charge in [-0.25, -0.2) is 9.59 Å². The third kappa shape index (κ3) is 4.20. The maximum atomic E-state index is 12.6. The number of hydrogen-bond donors (Lipinski definition) is 1. The van der Waals surface area contributed by atoms with E-state index in [1.807, 2.05) is 6.92 Å². The van der Waals surface area contributed by atoms with E-state index in [9.17, 15) is 19.5 Å². The average molecular weight is 420 g/mol. The van der Waals surface area contributed by atoms with Crippen LogP contribution in [-0.2, 0) is 33.3 Å². The van der Waals surface area contributed by atoms with Crippen molar-refractivity contribution in [3.05, 3.63) is 34.6 Å². The molecule has 0 aromatic rings. The van der Waals surface area contributed by atoms with E-state index in [1.54, 1.807) is 32.9 Å². The first-order chi connectivity index (χ1) is 14.0. The minimum absolute atomic E-state index is 0.118. The van der Waals surface area contributed by atoms with E-state index < -0.39 is 41.3 Å². The number of hydrogen-bond acceptors (Lipinski definition) is 8. The third-order valence-electron chi connectivity index (χ3n) is 5.95. The highest BCUT2D eigenvalue weighted by Crippen LogP contribution is 2.47. The minimum atomic E-state index is -1.40. The van der Waals surface area contributed by atoms with Crippen molar-refractivity contribution in [1.29, 1.82) is 0 Å². The molecule has 1 fully saturated rings. The quantitative estimate of drug-likeness (QED) is 0.420. The van der Waals surface area contributed by atoms with E-state index in [1.165, 1.54) is 6.92 Å². The number of carbonyl (C=O) groups excluding carboxylic acids is 3. The fraction of sp³-hybridized carbons (Fsp3) is 0.591. The first kappa shape index (κ1) is 22.2. The summed E-state index contributed by atoms with van der Waals surface area (Å²) in [5.74, 6) is -3.35. The van der Waals surface area contributed by atoms with Gasteiger partial charge in [-0.05, 0) is 39.7 Å². The third-order valence-corrected chi connectivity index (χ3v) is 5.95. The molecule has 8 heteroatoms. The molecule has 1 saturated heterocycles. The van der Waals surface area contributed by atoms with E-state index in [0.29, 0.717) is 24.0 Å². The molecule has 0 radical (unpaired) electrons. The fourth-order valence-electron chi connectivity index (χ4n) is 3.98. The summed E-state index contributed by atoms with van der Waals surface area (Å²) in [6.07, 6.45) is 3.51. The van der Waals surface area contributed by atoms with Crippen LogP contribution < -0.4 is 0 Å². The van der Waals surface area contributed by atoms with Gasteiger partial charge in [0.05, 0.1) is 11.2 Å². The molecule has 3 aliphatic rings. The number of fused-ring (bicyclic) bond motifs is 3. The topological polar surface area (TPSA) is 108 Å². The number of rotatable bonds is 4. The fourth-order valence-corrected chi connectivity index (χ4v) is 3.98. The van der Waals surface area contributed by atoms with E-state index in [4.69, 9.17) is 18.9 Å². The van der Waals surface area contributed by atoms with Crippen LogP contribution in [0.25, 0.3) is 0 Å². The Kier molecular flexibility index (Phi) is 5.93. The maximum absolute atomic E-state index is 12.6. The number of allylic oxidation sites excluding steroid dienone is 1. The van der Waals surface area contributed by atoms with Crippen LogP contribution >= 0.6 is 0 Å². The van der Waals surface area contributed by atoms with Gasteiger partial charge in [-0.2, -0.15) is 0 Å². The Labute approximate surface area is 175 Å². The van der Waals surface area contributed by atoms with E-state index in [2.05, 4.69) is 0 Å². The van der Waals surface area contributed by atoms with Crippen molar-refractivity contribution in [2.24, 2.45) is 5.92 Å². The van der Waals surface area contributed by atoms with E-state index in [0.717, 1.165) is 0 Å². The number of ether oxygens (including phenoxy) is 4. The normalized spacial score (nSPS) is 35.5. The molecule has 0 saturated carbocycles. The molecule has 3 aliphatic heterocycles. The first-order valence-electron chi connectivity index (χ1n) is 10.1. The minimum Gasteiger partial charge on any atom is -0.461 e. The molecule has 0 aromatic heterocycles. The second kappa shape index (κ2) is 8.00. The molecule has 0 unspecified atom stereocenters. The van der Waals surface area contributed by atoms with Crippen molar-refractivity contribution in [3.63, 3.8) is 0 Å². The van der Waals surface area contributed by atoms with Gasteiger partial charge in [-0.1, -0.05) is 13.0 Å². The van der Waals surface area contributed by atoms with Crippen molar-refractivity contribution in [2.45, 2.75) is 71.4 Å². The molecule has 0 aliphatic carbocycles. The summed E-state index contributed by atoms with van der Waals surface area (Å²) < 4.78 is 22.3. The predicted molar refractivity (Wildman–Crippen MR) is 105 cm³/mol. The van der Waals surface area contributed by atoms with E-state index >= 15 is 0 Å². The molecule has 0 aromatic carbocycles. The van der Waals surface area contributed by atoms with Gasteiger partial charge in [-0.3, -0.25) is 4.79 Å². The Morgan fingerprint density at radius 2 is 2.03 bits per heavy atom. The van der Waals surface area contributed by atoms with E-state index in [-0.39, 0.29) is 24.4 Å². The molecule has 0 spiro atoms. The van der Waals surface area contributed by atoms with Crippen molar-refractivity contribution in [3.8, 4) is 0 Å². The lowest BCUT2D eigenvalue weighted by Gasteiger charge is -2.33. The summed E-state index contributed by atoms with van der Waals surface area (Å²) in [4.78, 5) is 36.5. The van der Waals surface area contributed by atoms with Gasteiger partial charge in [0.25, 0.3) is 0 Å². The molecule has 8 nitrogen and oxygen atoms in total. The molecule has 30 heavy (non-hydrogen) atoms. The van der Waals surface area contributed by atoms with Gasteiger partial charge in [-0.15, -0.1) is 0 Å². The summed E-state index contributed by atoms with van der Waals surface area (Å²) in [7, 11) is 0. The van der Waals surface area contributed by atoms with Crippen LogP contribution in [0.5, 0.6) is 0 Å². The lowest BCUT2D eigenvalue weighted by Crippen LogP contribution is -2.40. The second-order valence-electron chi connectivity index (χ2n) is 8.33. The van der Waals surface area contributed by atoms with Crippen molar-refractivity contribution in [1.82, 2.24) is 0 Å². The highest BCUT2D eigenvalue weighted by molar-refractivity contribution is 5.96. The van der Waals surface area contributed by atoms with Crippen LogP contribution in [0.4, 0.5) is 0 Å². The summed E-state index contributed by atoms with van der Waals surface area (Å²) in [6, 6.07) is 0. The van der Waals surface area contributed by atoms with Crippen molar-refractivity contribution in [2.75, 3.05) is 6.61 Å². The van der Waals surface area contributed by atoms with Gasteiger partial charge in [0.1, 0.15) is 18.5 Å². The van der Waals surface area contributed by atoms with Crippen molar-refractivity contribution < 1.29 is 38.4 Å². The summed E-state index contributed by atoms with van der Waals surface area (Å²) in [5.41, 5.74) is 0.0157. The van der Waals surface area contributed by atoms with Crippen LogP contribution in [0.3, 0.4) is 0 Å². The summed E-state index contributed by atoms with van der Waals surface area (Å²) in [6.45, 7) is 7.90. The lowest BCUT2D eigenvalue weighted by atomic mass is 9.86. The molecule has 0 amide bonds. The average Bonchev–Trinajstić information content (AvgIpc) is 3.14. The maximum Gasteiger partial charge on any atom is 0.343 e. The highest BCUT2D eigenvalue weighted by Gasteiger charge is 2.52. The molecule has 1 N–H and O–H groups in total. The van der Waals surface area contributed by atoms with Gasteiger partial charge < -0.3 is 24.1 Å². The van der Waals surface area contributed by atoms with Crippen molar-refractivity contribution >= 4 is 17.9 Å². The van der Waals surface area contributed by atoms with Crippen LogP contribution in [0, 0.1) is 5.92 Å². The molecule has 2 bridgehead atoms. The van der Waals surface area contributed by atoms with Gasteiger partial charge in [0.15, 0.2) is 5.79 Å². The zero-order valence-electron chi connectivity index (χ0n) is 17.9. The highest BCUT2D eigenvalue weighted by atomic mass is 16.6. The summed E-state index contributed by atoms with van der Waals surface area (Å²) >= 11 is 0.